The molecule has 0 atom stereocenters. The normalized spacial score (nSPS) is 10.6. The molecule has 1 aromatic rings. The van der Waals surface area contributed by atoms with E-state index in [4.69, 9.17) is 11.6 Å². The van der Waals surface area contributed by atoms with Crippen LogP contribution >= 0.6 is 11.6 Å². The van der Waals surface area contributed by atoms with Crippen LogP contribution in [0.5, 0.6) is 0 Å². The molecule has 0 saturated heterocycles. The number of anilines is 1. The summed E-state index contributed by atoms with van der Waals surface area (Å²) in [5.41, 5.74) is 2.56. The minimum Gasteiger partial charge on any atom is -0.374 e. The van der Waals surface area contributed by atoms with Crippen LogP contribution in [0, 0.1) is 0 Å². The smallest absolute Gasteiger partial charge is 0.0426 e. The van der Waals surface area contributed by atoms with E-state index in [0.29, 0.717) is 0 Å². The van der Waals surface area contributed by atoms with E-state index in [1.165, 1.54) is 24.1 Å². The molecule has 0 saturated carbocycles. The summed E-state index contributed by atoms with van der Waals surface area (Å²) in [5, 5.41) is 4.17. The zero-order valence-corrected chi connectivity index (χ0v) is 11.8. The second-order valence-corrected chi connectivity index (χ2v) is 4.76. The summed E-state index contributed by atoms with van der Waals surface area (Å²) in [6.45, 7) is 7.30. The van der Waals surface area contributed by atoms with Crippen molar-refractivity contribution in [1.82, 2.24) is 5.32 Å². The summed E-state index contributed by atoms with van der Waals surface area (Å²) < 4.78 is 0. The van der Waals surface area contributed by atoms with Crippen LogP contribution in [-0.4, -0.2) is 20.1 Å². The van der Waals surface area contributed by atoms with Gasteiger partial charge < -0.3 is 10.2 Å². The molecular formula is C14H23ClN2. The second kappa shape index (κ2) is 7.57. The average molecular weight is 255 g/mol. The van der Waals surface area contributed by atoms with Crippen molar-refractivity contribution in [3.8, 4) is 0 Å². The molecule has 0 radical (unpaired) electrons. The number of hydrogen-bond donors (Lipinski definition) is 1. The van der Waals surface area contributed by atoms with Crippen molar-refractivity contribution in [3.05, 3.63) is 28.8 Å². The highest BCUT2D eigenvalue weighted by atomic mass is 35.5. The minimum atomic E-state index is 0.809. The van der Waals surface area contributed by atoms with Gasteiger partial charge in [0.25, 0.3) is 0 Å². The van der Waals surface area contributed by atoms with Crippen LogP contribution in [0.4, 0.5) is 5.69 Å². The van der Waals surface area contributed by atoms with E-state index in [1.54, 1.807) is 0 Å². The van der Waals surface area contributed by atoms with Gasteiger partial charge in [-0.05, 0) is 30.7 Å². The number of nitrogens with one attached hydrogen (secondary N) is 1. The van der Waals surface area contributed by atoms with Gasteiger partial charge in [-0.15, -0.1) is 0 Å². The van der Waals surface area contributed by atoms with Crippen LogP contribution in [0.15, 0.2) is 18.2 Å². The molecule has 0 heterocycles. The van der Waals surface area contributed by atoms with Gasteiger partial charge in [-0.3, -0.25) is 0 Å². The number of benzene rings is 1. The Morgan fingerprint density at radius 1 is 1.29 bits per heavy atom. The van der Waals surface area contributed by atoms with E-state index >= 15 is 0 Å². The maximum absolute atomic E-state index is 6.08. The van der Waals surface area contributed by atoms with Crippen molar-refractivity contribution in [1.29, 1.82) is 0 Å². The molecule has 0 bridgehead atoms. The third-order valence-electron chi connectivity index (χ3n) is 2.87. The molecule has 0 unspecified atom stereocenters. The molecule has 2 nitrogen and oxygen atoms in total. The Kier molecular flexibility index (Phi) is 6.38. The van der Waals surface area contributed by atoms with Crippen molar-refractivity contribution >= 4 is 17.3 Å². The number of rotatable bonds is 7. The Balaban J connectivity index is 2.81. The van der Waals surface area contributed by atoms with Crippen molar-refractivity contribution < 1.29 is 0 Å². The molecule has 0 amide bonds. The van der Waals surface area contributed by atoms with Gasteiger partial charge in [-0.25, -0.2) is 0 Å². The summed E-state index contributed by atoms with van der Waals surface area (Å²) in [6.07, 6.45) is 2.43. The van der Waals surface area contributed by atoms with Crippen molar-refractivity contribution in [2.24, 2.45) is 0 Å². The number of hydrogen-bond acceptors (Lipinski definition) is 2. The predicted octanol–water partition coefficient (Wildman–Crippen LogP) is 3.69. The van der Waals surface area contributed by atoms with Gasteiger partial charge in [-0.1, -0.05) is 37.9 Å². The third-order valence-corrected chi connectivity index (χ3v) is 3.11. The molecule has 0 spiro atoms. The summed E-state index contributed by atoms with van der Waals surface area (Å²) in [7, 11) is 2.14. The van der Waals surface area contributed by atoms with Crippen LogP contribution in [0.2, 0.25) is 5.02 Å². The van der Waals surface area contributed by atoms with Crippen molar-refractivity contribution in [2.45, 2.75) is 33.2 Å². The van der Waals surface area contributed by atoms with E-state index in [1.807, 2.05) is 6.07 Å². The fourth-order valence-corrected chi connectivity index (χ4v) is 1.98. The molecule has 1 rings (SSSR count). The predicted molar refractivity (Wildman–Crippen MR) is 77.0 cm³/mol. The van der Waals surface area contributed by atoms with Crippen molar-refractivity contribution in [3.63, 3.8) is 0 Å². The molecule has 17 heavy (non-hydrogen) atoms. The SMILES string of the molecule is CCCCN(C)c1cc(Cl)ccc1CNCC. The molecular weight excluding hydrogens is 232 g/mol. The minimum absolute atomic E-state index is 0.809. The van der Waals surface area contributed by atoms with Crippen molar-refractivity contribution in [2.75, 3.05) is 25.0 Å². The van der Waals surface area contributed by atoms with Crippen LogP contribution in [-0.2, 0) is 6.54 Å². The summed E-state index contributed by atoms with van der Waals surface area (Å²) in [6, 6.07) is 6.14. The van der Waals surface area contributed by atoms with Gasteiger partial charge >= 0.3 is 0 Å². The molecule has 96 valence electrons. The number of nitrogens with zero attached hydrogens (tertiary/aromatic N) is 1. The first kappa shape index (κ1) is 14.3. The van der Waals surface area contributed by atoms with Gasteiger partial charge in [0.05, 0.1) is 0 Å². The molecule has 0 aliphatic rings. The van der Waals surface area contributed by atoms with E-state index in [0.717, 1.165) is 24.7 Å². The fraction of sp³-hybridized carbons (Fsp3) is 0.571. The lowest BCUT2D eigenvalue weighted by atomic mass is 10.1. The van der Waals surface area contributed by atoms with Crippen LogP contribution in [0.1, 0.15) is 32.3 Å². The maximum Gasteiger partial charge on any atom is 0.0426 e. The van der Waals surface area contributed by atoms with E-state index < -0.39 is 0 Å². The van der Waals surface area contributed by atoms with E-state index in [-0.39, 0.29) is 0 Å². The summed E-state index contributed by atoms with van der Waals surface area (Å²) in [4.78, 5) is 2.29. The molecule has 1 aromatic carbocycles. The van der Waals surface area contributed by atoms with E-state index in [2.05, 4.69) is 43.2 Å². The highest BCUT2D eigenvalue weighted by molar-refractivity contribution is 6.30. The summed E-state index contributed by atoms with van der Waals surface area (Å²) >= 11 is 6.08. The molecule has 0 aliphatic heterocycles. The first-order chi connectivity index (χ1) is 8.19. The molecule has 0 fully saturated rings. The highest BCUT2D eigenvalue weighted by Crippen LogP contribution is 2.24. The Labute approximate surface area is 110 Å². The number of halogens is 1. The van der Waals surface area contributed by atoms with Gasteiger partial charge in [0.2, 0.25) is 0 Å². The first-order valence-corrected chi connectivity index (χ1v) is 6.77. The molecule has 0 aromatic heterocycles. The van der Waals surface area contributed by atoms with Crippen LogP contribution < -0.4 is 10.2 Å². The van der Waals surface area contributed by atoms with Crippen LogP contribution in [0.3, 0.4) is 0 Å². The first-order valence-electron chi connectivity index (χ1n) is 6.39. The average Bonchev–Trinajstić information content (AvgIpc) is 2.34. The fourth-order valence-electron chi connectivity index (χ4n) is 1.82. The highest BCUT2D eigenvalue weighted by Gasteiger charge is 2.07. The van der Waals surface area contributed by atoms with Gasteiger partial charge in [0.15, 0.2) is 0 Å². The zero-order chi connectivity index (χ0) is 12.7. The third kappa shape index (κ3) is 4.57. The maximum atomic E-state index is 6.08. The Hall–Kier alpha value is -0.730. The lowest BCUT2D eigenvalue weighted by Gasteiger charge is -2.22. The Morgan fingerprint density at radius 3 is 2.71 bits per heavy atom. The zero-order valence-electron chi connectivity index (χ0n) is 11.1. The lowest BCUT2D eigenvalue weighted by Crippen LogP contribution is -2.22. The van der Waals surface area contributed by atoms with Gasteiger partial charge in [0, 0.05) is 30.8 Å². The Bertz CT molecular complexity index is 339. The number of unbranched alkanes of at least 4 members (excludes halogenated alkanes) is 1. The van der Waals surface area contributed by atoms with Crippen LogP contribution in [0.25, 0.3) is 0 Å². The standard InChI is InChI=1S/C14H23ClN2/c1-4-6-9-17(3)14-10-13(15)8-7-12(14)11-16-5-2/h7-8,10,16H,4-6,9,11H2,1-3H3. The quantitative estimate of drug-likeness (QED) is 0.799. The second-order valence-electron chi connectivity index (χ2n) is 4.33. The molecule has 1 N–H and O–H groups in total. The summed E-state index contributed by atoms with van der Waals surface area (Å²) in [5.74, 6) is 0. The molecule has 3 heteroatoms. The molecule has 0 aliphatic carbocycles. The monoisotopic (exact) mass is 254 g/mol. The van der Waals surface area contributed by atoms with Gasteiger partial charge in [0.1, 0.15) is 0 Å². The topological polar surface area (TPSA) is 15.3 Å². The largest absolute Gasteiger partial charge is 0.374 e. The van der Waals surface area contributed by atoms with E-state index in [9.17, 15) is 0 Å². The Morgan fingerprint density at radius 2 is 2.06 bits per heavy atom. The van der Waals surface area contributed by atoms with Gasteiger partial charge in [-0.2, -0.15) is 0 Å². The lowest BCUT2D eigenvalue weighted by molar-refractivity contribution is 0.717.